The Morgan fingerprint density at radius 2 is 2.42 bits per heavy atom. The van der Waals surface area contributed by atoms with E-state index in [-0.39, 0.29) is 6.61 Å². The van der Waals surface area contributed by atoms with Gasteiger partial charge in [0.2, 0.25) is 0 Å². The van der Waals surface area contributed by atoms with Crippen LogP contribution in [0, 0.1) is 0 Å². The molecule has 0 bridgehead atoms. The van der Waals surface area contributed by atoms with Gasteiger partial charge in [-0.3, -0.25) is 4.98 Å². The van der Waals surface area contributed by atoms with Gasteiger partial charge in [-0.05, 0) is 22.0 Å². The SMILES string of the molecule is OCc1cc2c(Br)csc2cn1. The van der Waals surface area contributed by atoms with Crippen LogP contribution < -0.4 is 0 Å². The smallest absolute Gasteiger partial charge is 0.0853 e. The van der Waals surface area contributed by atoms with Crippen molar-refractivity contribution in [1.29, 1.82) is 0 Å². The number of hydrogen-bond acceptors (Lipinski definition) is 3. The molecule has 0 unspecified atom stereocenters. The molecule has 0 amide bonds. The Bertz CT molecular complexity index is 412. The summed E-state index contributed by atoms with van der Waals surface area (Å²) < 4.78 is 2.21. The van der Waals surface area contributed by atoms with Crippen LogP contribution in [0.1, 0.15) is 5.69 Å². The minimum absolute atomic E-state index is 0.00176. The first-order chi connectivity index (χ1) is 5.81. The fraction of sp³-hybridized carbons (Fsp3) is 0.125. The monoisotopic (exact) mass is 243 g/mol. The van der Waals surface area contributed by atoms with E-state index >= 15 is 0 Å². The summed E-state index contributed by atoms with van der Waals surface area (Å²) in [6.45, 7) is -0.00176. The Kier molecular flexibility index (Phi) is 2.12. The van der Waals surface area contributed by atoms with Crippen LogP contribution in [0.15, 0.2) is 22.1 Å². The maximum atomic E-state index is 8.85. The summed E-state index contributed by atoms with van der Waals surface area (Å²) in [4.78, 5) is 4.08. The van der Waals surface area contributed by atoms with Gasteiger partial charge in [0.25, 0.3) is 0 Å². The second-order valence-electron chi connectivity index (χ2n) is 2.41. The molecule has 0 aliphatic rings. The van der Waals surface area contributed by atoms with Gasteiger partial charge in [-0.25, -0.2) is 0 Å². The molecule has 2 aromatic rings. The van der Waals surface area contributed by atoms with Crippen molar-refractivity contribution in [3.05, 3.63) is 27.8 Å². The summed E-state index contributed by atoms with van der Waals surface area (Å²) >= 11 is 5.07. The Hall–Kier alpha value is -0.450. The Morgan fingerprint density at radius 3 is 3.17 bits per heavy atom. The lowest BCUT2D eigenvalue weighted by Gasteiger charge is -1.94. The molecule has 0 aliphatic heterocycles. The van der Waals surface area contributed by atoms with Gasteiger partial charge in [0.05, 0.1) is 17.0 Å². The predicted octanol–water partition coefficient (Wildman–Crippen LogP) is 2.55. The minimum atomic E-state index is -0.00176. The van der Waals surface area contributed by atoms with Crippen molar-refractivity contribution >= 4 is 37.4 Å². The predicted molar refractivity (Wildman–Crippen MR) is 53.2 cm³/mol. The largest absolute Gasteiger partial charge is 0.390 e. The normalized spacial score (nSPS) is 10.8. The van der Waals surface area contributed by atoms with E-state index < -0.39 is 0 Å². The summed E-state index contributed by atoms with van der Waals surface area (Å²) in [5.74, 6) is 0. The number of pyridine rings is 1. The Labute approximate surface area is 82.0 Å². The van der Waals surface area contributed by atoms with E-state index in [1.54, 1.807) is 17.5 Å². The van der Waals surface area contributed by atoms with E-state index in [9.17, 15) is 0 Å². The zero-order chi connectivity index (χ0) is 8.55. The summed E-state index contributed by atoms with van der Waals surface area (Å²) in [7, 11) is 0. The molecular weight excluding hydrogens is 238 g/mol. The van der Waals surface area contributed by atoms with Gasteiger partial charge in [-0.2, -0.15) is 0 Å². The second-order valence-corrected chi connectivity index (χ2v) is 4.18. The van der Waals surface area contributed by atoms with Crippen molar-refractivity contribution in [2.24, 2.45) is 0 Å². The Balaban J connectivity index is 2.71. The molecule has 0 aromatic carbocycles. The first-order valence-electron chi connectivity index (χ1n) is 3.44. The third kappa shape index (κ3) is 1.26. The average Bonchev–Trinajstić information content (AvgIpc) is 2.47. The molecule has 12 heavy (non-hydrogen) atoms. The highest BCUT2D eigenvalue weighted by atomic mass is 79.9. The molecule has 0 atom stereocenters. The first kappa shape index (κ1) is 8.16. The van der Waals surface area contributed by atoms with Gasteiger partial charge in [-0.1, -0.05) is 0 Å². The van der Waals surface area contributed by atoms with Crippen molar-refractivity contribution < 1.29 is 5.11 Å². The van der Waals surface area contributed by atoms with Crippen LogP contribution in [0.25, 0.3) is 10.1 Å². The molecule has 0 fully saturated rings. The fourth-order valence-electron chi connectivity index (χ4n) is 1.03. The number of aliphatic hydroxyl groups excluding tert-OH is 1. The van der Waals surface area contributed by atoms with Gasteiger partial charge in [0.15, 0.2) is 0 Å². The number of halogens is 1. The van der Waals surface area contributed by atoms with E-state index in [4.69, 9.17) is 5.11 Å². The highest BCUT2D eigenvalue weighted by Crippen LogP contribution is 2.29. The number of aromatic nitrogens is 1. The third-order valence-electron chi connectivity index (χ3n) is 1.63. The summed E-state index contributed by atoms with van der Waals surface area (Å²) in [6, 6.07) is 1.90. The molecule has 1 N–H and O–H groups in total. The minimum Gasteiger partial charge on any atom is -0.390 e. The average molecular weight is 244 g/mol. The molecule has 4 heteroatoms. The van der Waals surface area contributed by atoms with Gasteiger partial charge in [0, 0.05) is 21.4 Å². The summed E-state index contributed by atoms with van der Waals surface area (Å²) in [5, 5.41) is 12.0. The molecular formula is C8H6BrNOS. The molecule has 0 saturated carbocycles. The second kappa shape index (κ2) is 3.12. The summed E-state index contributed by atoms with van der Waals surface area (Å²) in [6.07, 6.45) is 1.79. The zero-order valence-electron chi connectivity index (χ0n) is 6.12. The van der Waals surface area contributed by atoms with E-state index in [0.29, 0.717) is 5.69 Å². The number of hydrogen-bond donors (Lipinski definition) is 1. The van der Waals surface area contributed by atoms with Crippen LogP contribution in [0.5, 0.6) is 0 Å². The number of nitrogens with zero attached hydrogens (tertiary/aromatic N) is 1. The maximum absolute atomic E-state index is 8.85. The van der Waals surface area contributed by atoms with Crippen LogP contribution in [0.3, 0.4) is 0 Å². The molecule has 0 radical (unpaired) electrons. The van der Waals surface area contributed by atoms with Gasteiger partial charge in [0.1, 0.15) is 0 Å². The maximum Gasteiger partial charge on any atom is 0.0853 e. The molecule has 2 rings (SSSR count). The standard InChI is InChI=1S/C8H6BrNOS/c9-7-4-12-8-2-10-5(3-11)1-6(7)8/h1-2,4,11H,3H2. The van der Waals surface area contributed by atoms with Gasteiger partial charge >= 0.3 is 0 Å². The zero-order valence-corrected chi connectivity index (χ0v) is 8.52. The van der Waals surface area contributed by atoms with Gasteiger partial charge < -0.3 is 5.11 Å². The third-order valence-corrected chi connectivity index (χ3v) is 3.52. The first-order valence-corrected chi connectivity index (χ1v) is 5.11. The lowest BCUT2D eigenvalue weighted by atomic mass is 10.3. The number of thiophene rings is 1. The highest BCUT2D eigenvalue weighted by molar-refractivity contribution is 9.10. The van der Waals surface area contributed by atoms with E-state index in [2.05, 4.69) is 20.9 Å². The summed E-state index contributed by atoms with van der Waals surface area (Å²) in [5.41, 5.74) is 0.710. The van der Waals surface area contributed by atoms with Crippen molar-refractivity contribution in [3.8, 4) is 0 Å². The quantitative estimate of drug-likeness (QED) is 0.836. The topological polar surface area (TPSA) is 33.1 Å². The van der Waals surface area contributed by atoms with Crippen LogP contribution >= 0.6 is 27.3 Å². The number of aliphatic hydroxyl groups is 1. The Morgan fingerprint density at radius 1 is 1.58 bits per heavy atom. The van der Waals surface area contributed by atoms with Crippen molar-refractivity contribution in [2.75, 3.05) is 0 Å². The molecule has 0 aliphatic carbocycles. The number of fused-ring (bicyclic) bond motifs is 1. The number of rotatable bonds is 1. The highest BCUT2D eigenvalue weighted by Gasteiger charge is 2.02. The molecule has 62 valence electrons. The van der Waals surface area contributed by atoms with Crippen LogP contribution in [0.4, 0.5) is 0 Å². The molecule has 0 spiro atoms. The molecule has 0 saturated heterocycles. The van der Waals surface area contributed by atoms with Crippen LogP contribution in [-0.2, 0) is 6.61 Å². The van der Waals surface area contributed by atoms with Crippen molar-refractivity contribution in [3.63, 3.8) is 0 Å². The molecule has 2 heterocycles. The molecule has 2 nitrogen and oxygen atoms in total. The van der Waals surface area contributed by atoms with E-state index in [1.807, 2.05) is 11.4 Å². The van der Waals surface area contributed by atoms with E-state index in [1.165, 1.54) is 0 Å². The van der Waals surface area contributed by atoms with Crippen molar-refractivity contribution in [1.82, 2.24) is 4.98 Å². The van der Waals surface area contributed by atoms with Gasteiger partial charge in [-0.15, -0.1) is 11.3 Å². The lowest BCUT2D eigenvalue weighted by molar-refractivity contribution is 0.277. The molecule has 2 aromatic heterocycles. The van der Waals surface area contributed by atoms with Crippen LogP contribution in [-0.4, -0.2) is 10.1 Å². The van der Waals surface area contributed by atoms with Crippen molar-refractivity contribution in [2.45, 2.75) is 6.61 Å². The van der Waals surface area contributed by atoms with E-state index in [0.717, 1.165) is 14.6 Å². The fourth-order valence-corrected chi connectivity index (χ4v) is 2.54. The lowest BCUT2D eigenvalue weighted by Crippen LogP contribution is -1.86. The van der Waals surface area contributed by atoms with Crippen LogP contribution in [0.2, 0.25) is 0 Å².